The highest BCUT2D eigenvalue weighted by Crippen LogP contribution is 2.22. The van der Waals surface area contributed by atoms with Crippen molar-refractivity contribution in [2.75, 3.05) is 38.6 Å². The molecule has 0 aromatic carbocycles. The molecule has 0 spiro atoms. The third-order valence-corrected chi connectivity index (χ3v) is 4.61. The number of nitrogens with zero attached hydrogens (tertiary/aromatic N) is 6. The molecular formula is C18H27N7O. The first-order valence-electron chi connectivity index (χ1n) is 8.95. The van der Waals surface area contributed by atoms with Gasteiger partial charge in [0.15, 0.2) is 0 Å². The molecule has 0 radical (unpaired) electrons. The van der Waals surface area contributed by atoms with Gasteiger partial charge in [-0.15, -0.1) is 0 Å². The van der Waals surface area contributed by atoms with E-state index >= 15 is 0 Å². The van der Waals surface area contributed by atoms with Gasteiger partial charge in [0.25, 0.3) is 0 Å². The van der Waals surface area contributed by atoms with Crippen LogP contribution < -0.4 is 10.2 Å². The zero-order valence-corrected chi connectivity index (χ0v) is 15.7. The van der Waals surface area contributed by atoms with Crippen molar-refractivity contribution in [3.05, 3.63) is 36.5 Å². The minimum absolute atomic E-state index is 0.0662. The molecule has 140 valence electrons. The summed E-state index contributed by atoms with van der Waals surface area (Å²) in [6.45, 7) is 5.15. The summed E-state index contributed by atoms with van der Waals surface area (Å²) in [6.07, 6.45) is 7.51. The number of carbonyl (C=O) groups excluding carboxylic acids is 1. The summed E-state index contributed by atoms with van der Waals surface area (Å²) >= 11 is 0. The summed E-state index contributed by atoms with van der Waals surface area (Å²) < 4.78 is 1.81. The molecule has 1 N–H and O–H groups in total. The molecule has 2 aromatic heterocycles. The summed E-state index contributed by atoms with van der Waals surface area (Å²) in [5.74, 6) is 1.33. The number of hydrogen-bond donors (Lipinski definition) is 1. The lowest BCUT2D eigenvalue weighted by molar-refractivity contribution is -0.122. The van der Waals surface area contributed by atoms with Crippen LogP contribution in [0.1, 0.15) is 12.0 Å². The molecule has 0 aliphatic carbocycles. The van der Waals surface area contributed by atoms with Gasteiger partial charge in [0.2, 0.25) is 5.91 Å². The average molecular weight is 357 g/mol. The third kappa shape index (κ3) is 4.78. The molecule has 0 unspecified atom stereocenters. The van der Waals surface area contributed by atoms with Gasteiger partial charge >= 0.3 is 0 Å². The SMILES string of the molecule is Cc1cnn(CCC(=O)N[C@@H]2CN(c3ccncn3)C[C@H]2CN(C)C)c1. The Labute approximate surface area is 154 Å². The lowest BCUT2D eigenvalue weighted by atomic mass is 10.0. The highest BCUT2D eigenvalue weighted by molar-refractivity contribution is 5.76. The Morgan fingerprint density at radius 3 is 2.88 bits per heavy atom. The van der Waals surface area contributed by atoms with E-state index in [0.717, 1.165) is 31.0 Å². The molecule has 1 aliphatic rings. The molecule has 0 bridgehead atoms. The van der Waals surface area contributed by atoms with Crippen LogP contribution in [0, 0.1) is 12.8 Å². The van der Waals surface area contributed by atoms with Crippen molar-refractivity contribution in [3.8, 4) is 0 Å². The molecule has 2 atom stereocenters. The largest absolute Gasteiger partial charge is 0.354 e. The molecule has 2 aromatic rings. The zero-order valence-electron chi connectivity index (χ0n) is 15.7. The van der Waals surface area contributed by atoms with E-state index in [1.807, 2.05) is 30.1 Å². The fourth-order valence-corrected chi connectivity index (χ4v) is 3.43. The van der Waals surface area contributed by atoms with E-state index in [9.17, 15) is 4.79 Å². The van der Waals surface area contributed by atoms with Gasteiger partial charge in [0, 0.05) is 50.9 Å². The molecule has 26 heavy (non-hydrogen) atoms. The van der Waals surface area contributed by atoms with Gasteiger partial charge in [-0.05, 0) is 32.6 Å². The van der Waals surface area contributed by atoms with E-state index < -0.39 is 0 Å². The third-order valence-electron chi connectivity index (χ3n) is 4.61. The average Bonchev–Trinajstić information content (AvgIpc) is 3.20. The quantitative estimate of drug-likeness (QED) is 0.780. The first-order valence-corrected chi connectivity index (χ1v) is 8.95. The van der Waals surface area contributed by atoms with E-state index in [-0.39, 0.29) is 11.9 Å². The van der Waals surface area contributed by atoms with E-state index in [4.69, 9.17) is 0 Å². The minimum atomic E-state index is 0.0662. The topological polar surface area (TPSA) is 79.2 Å². The molecule has 1 fully saturated rings. The Hall–Kier alpha value is -2.48. The van der Waals surface area contributed by atoms with Gasteiger partial charge in [-0.2, -0.15) is 5.10 Å². The maximum Gasteiger partial charge on any atom is 0.222 e. The number of carbonyl (C=O) groups is 1. The van der Waals surface area contributed by atoms with Crippen molar-refractivity contribution in [2.45, 2.75) is 25.9 Å². The number of hydrogen-bond acceptors (Lipinski definition) is 6. The molecule has 8 heteroatoms. The van der Waals surface area contributed by atoms with E-state index in [2.05, 4.69) is 44.3 Å². The molecule has 3 rings (SSSR count). The normalized spacial score (nSPS) is 19.9. The predicted octanol–water partition coefficient (Wildman–Crippen LogP) is 0.554. The molecule has 1 saturated heterocycles. The minimum Gasteiger partial charge on any atom is -0.354 e. The zero-order chi connectivity index (χ0) is 18.5. The molecule has 3 heterocycles. The Morgan fingerprint density at radius 1 is 1.38 bits per heavy atom. The number of amides is 1. The number of aryl methyl sites for hydroxylation is 2. The Morgan fingerprint density at radius 2 is 2.23 bits per heavy atom. The summed E-state index contributed by atoms with van der Waals surface area (Å²) in [5, 5.41) is 7.45. The molecular weight excluding hydrogens is 330 g/mol. The number of aromatic nitrogens is 4. The van der Waals surface area contributed by atoms with Gasteiger partial charge in [-0.1, -0.05) is 0 Å². The van der Waals surface area contributed by atoms with Crippen LogP contribution in [0.15, 0.2) is 31.0 Å². The molecule has 8 nitrogen and oxygen atoms in total. The fourth-order valence-electron chi connectivity index (χ4n) is 3.43. The Kier molecular flexibility index (Phi) is 5.82. The van der Waals surface area contributed by atoms with E-state index in [1.165, 1.54) is 0 Å². The fraction of sp³-hybridized carbons (Fsp3) is 0.556. The molecule has 1 aliphatic heterocycles. The first kappa shape index (κ1) is 18.3. The highest BCUT2D eigenvalue weighted by Gasteiger charge is 2.34. The summed E-state index contributed by atoms with van der Waals surface area (Å²) in [5.41, 5.74) is 1.10. The summed E-state index contributed by atoms with van der Waals surface area (Å²) in [6, 6.07) is 2.02. The Bertz CT molecular complexity index is 715. The smallest absolute Gasteiger partial charge is 0.222 e. The summed E-state index contributed by atoms with van der Waals surface area (Å²) in [4.78, 5) is 25.2. The van der Waals surface area contributed by atoms with Crippen molar-refractivity contribution < 1.29 is 4.79 Å². The van der Waals surface area contributed by atoms with Gasteiger partial charge in [0.05, 0.1) is 12.2 Å². The lowest BCUT2D eigenvalue weighted by Crippen LogP contribution is -2.43. The van der Waals surface area contributed by atoms with Crippen molar-refractivity contribution in [1.29, 1.82) is 0 Å². The Balaban J connectivity index is 1.59. The van der Waals surface area contributed by atoms with Crippen LogP contribution in [0.25, 0.3) is 0 Å². The molecule has 0 saturated carbocycles. The van der Waals surface area contributed by atoms with Gasteiger partial charge in [0.1, 0.15) is 12.1 Å². The van der Waals surface area contributed by atoms with Crippen LogP contribution in [-0.4, -0.2) is 70.3 Å². The lowest BCUT2D eigenvalue weighted by Gasteiger charge is -2.22. The van der Waals surface area contributed by atoms with Crippen LogP contribution in [0.2, 0.25) is 0 Å². The van der Waals surface area contributed by atoms with Gasteiger partial charge in [-0.25, -0.2) is 9.97 Å². The van der Waals surface area contributed by atoms with Gasteiger partial charge in [-0.3, -0.25) is 9.48 Å². The standard InChI is InChI=1S/C18H27N7O/c1-14-8-21-25(9-14)7-5-18(26)22-16-12-24(11-15(16)10-23(2)3)17-4-6-19-13-20-17/h4,6,8-9,13,15-16H,5,7,10-12H2,1-3H3,(H,22,26)/t15-,16-/m1/s1. The van der Waals surface area contributed by atoms with Crippen LogP contribution in [0.4, 0.5) is 5.82 Å². The van der Waals surface area contributed by atoms with Crippen LogP contribution in [0.3, 0.4) is 0 Å². The maximum atomic E-state index is 12.4. The van der Waals surface area contributed by atoms with Gasteiger partial charge < -0.3 is 15.1 Å². The van der Waals surface area contributed by atoms with Crippen molar-refractivity contribution in [1.82, 2.24) is 30.0 Å². The maximum absolute atomic E-state index is 12.4. The van der Waals surface area contributed by atoms with E-state index in [0.29, 0.717) is 18.9 Å². The second-order valence-corrected chi connectivity index (χ2v) is 7.20. The van der Waals surface area contributed by atoms with Crippen LogP contribution in [0.5, 0.6) is 0 Å². The predicted molar refractivity (Wildman–Crippen MR) is 99.8 cm³/mol. The summed E-state index contributed by atoms with van der Waals surface area (Å²) in [7, 11) is 4.12. The van der Waals surface area contributed by atoms with Crippen molar-refractivity contribution >= 4 is 11.7 Å². The van der Waals surface area contributed by atoms with Crippen LogP contribution >= 0.6 is 0 Å². The van der Waals surface area contributed by atoms with E-state index in [1.54, 1.807) is 12.5 Å². The highest BCUT2D eigenvalue weighted by atomic mass is 16.1. The second-order valence-electron chi connectivity index (χ2n) is 7.20. The number of rotatable bonds is 7. The second kappa shape index (κ2) is 8.27. The van der Waals surface area contributed by atoms with Crippen molar-refractivity contribution in [2.24, 2.45) is 5.92 Å². The van der Waals surface area contributed by atoms with Crippen molar-refractivity contribution in [3.63, 3.8) is 0 Å². The van der Waals surface area contributed by atoms with Crippen LogP contribution in [-0.2, 0) is 11.3 Å². The number of anilines is 1. The molecule has 1 amide bonds. The monoisotopic (exact) mass is 357 g/mol. The first-order chi connectivity index (χ1) is 12.5. The number of nitrogens with one attached hydrogen (secondary N) is 1.